The molecule has 1 aliphatic rings. The van der Waals surface area contributed by atoms with Gasteiger partial charge in [0.1, 0.15) is 23.2 Å². The third kappa shape index (κ3) is 5.43. The number of ketones is 1. The van der Waals surface area contributed by atoms with Crippen LogP contribution in [0.25, 0.3) is 6.08 Å². The van der Waals surface area contributed by atoms with Crippen molar-refractivity contribution in [2.24, 2.45) is 0 Å². The molecular weight excluding hydrogens is 366 g/mol. The molecule has 0 fully saturated rings. The number of phenolic OH excluding ortho intramolecular Hbond substituents is 2. The maximum atomic E-state index is 12.4. The number of hydrogen-bond donors (Lipinski definition) is 4. The van der Waals surface area contributed by atoms with E-state index >= 15 is 0 Å². The summed E-state index contributed by atoms with van der Waals surface area (Å²) >= 11 is 0. The monoisotopic (exact) mass is 389 g/mol. The number of carbonyl (C=O) groups is 3. The van der Waals surface area contributed by atoms with Crippen LogP contribution in [0.1, 0.15) is 42.6 Å². The molecule has 0 aromatic heterocycles. The minimum absolute atomic E-state index is 0.0386. The Kier molecular flexibility index (Phi) is 6.94. The first-order valence-electron chi connectivity index (χ1n) is 8.75. The number of aliphatic hydroxyl groups excluding tert-OH is 1. The Morgan fingerprint density at radius 2 is 1.96 bits per heavy atom. The van der Waals surface area contributed by atoms with Crippen LogP contribution in [0.3, 0.4) is 0 Å². The quantitative estimate of drug-likeness (QED) is 0.534. The number of phenols is 2. The van der Waals surface area contributed by atoms with Gasteiger partial charge in [-0.15, -0.1) is 0 Å². The molecule has 1 aliphatic heterocycles. The number of nitrogens with one attached hydrogen (secondary N) is 1. The van der Waals surface area contributed by atoms with Crippen molar-refractivity contribution in [2.75, 3.05) is 6.61 Å². The van der Waals surface area contributed by atoms with Crippen molar-refractivity contribution < 1.29 is 34.4 Å². The molecule has 1 amide bonds. The topological polar surface area (TPSA) is 133 Å². The first kappa shape index (κ1) is 21.2. The molecule has 0 aliphatic carbocycles. The minimum Gasteiger partial charge on any atom is -0.508 e. The molecule has 0 saturated carbocycles. The molecular formula is C20H23NO7. The summed E-state index contributed by atoms with van der Waals surface area (Å²) in [5.41, 5.74) is 0.677. The average molecular weight is 389 g/mol. The summed E-state index contributed by atoms with van der Waals surface area (Å²) in [6.07, 6.45) is 3.08. The van der Waals surface area contributed by atoms with Crippen LogP contribution in [0, 0.1) is 0 Å². The molecule has 150 valence electrons. The van der Waals surface area contributed by atoms with Crippen LogP contribution in [0.2, 0.25) is 0 Å². The molecule has 0 bridgehead atoms. The largest absolute Gasteiger partial charge is 0.508 e. The normalized spacial score (nSPS) is 24.2. The number of hydrogen-bond acceptors (Lipinski definition) is 7. The van der Waals surface area contributed by atoms with Gasteiger partial charge in [-0.05, 0) is 31.1 Å². The molecule has 0 unspecified atom stereocenters. The van der Waals surface area contributed by atoms with Gasteiger partial charge in [0.15, 0.2) is 5.78 Å². The maximum absolute atomic E-state index is 12.4. The van der Waals surface area contributed by atoms with Gasteiger partial charge >= 0.3 is 5.97 Å². The zero-order chi connectivity index (χ0) is 20.8. The number of aliphatic hydroxyl groups is 1. The predicted octanol–water partition coefficient (Wildman–Crippen LogP) is 1.44. The lowest BCUT2D eigenvalue weighted by molar-refractivity contribution is -0.126. The first-order chi connectivity index (χ1) is 13.2. The highest BCUT2D eigenvalue weighted by Crippen LogP contribution is 2.29. The van der Waals surface area contributed by atoms with E-state index in [0.717, 1.165) is 6.07 Å². The lowest BCUT2D eigenvalue weighted by Gasteiger charge is -2.21. The maximum Gasteiger partial charge on any atom is 0.342 e. The number of carbonyl (C=O) groups excluding carboxylic acids is 3. The fraction of sp³-hybridized carbons (Fsp3) is 0.350. The highest BCUT2D eigenvalue weighted by Gasteiger charge is 2.25. The minimum atomic E-state index is -1.45. The highest BCUT2D eigenvalue weighted by molar-refractivity contribution is 5.97. The molecule has 1 heterocycles. The van der Waals surface area contributed by atoms with Crippen molar-refractivity contribution in [3.63, 3.8) is 0 Å². The number of amides is 1. The zero-order valence-corrected chi connectivity index (χ0v) is 15.6. The molecule has 0 saturated heterocycles. The van der Waals surface area contributed by atoms with Crippen LogP contribution in [0.4, 0.5) is 0 Å². The number of aromatic hydroxyl groups is 2. The Morgan fingerprint density at radius 1 is 1.25 bits per heavy atom. The molecule has 2 rings (SSSR count). The van der Waals surface area contributed by atoms with Gasteiger partial charge < -0.3 is 25.4 Å². The van der Waals surface area contributed by atoms with E-state index in [1.807, 2.05) is 0 Å². The van der Waals surface area contributed by atoms with Crippen molar-refractivity contribution in [2.45, 2.75) is 38.8 Å². The summed E-state index contributed by atoms with van der Waals surface area (Å²) in [6, 6.07) is 1.43. The van der Waals surface area contributed by atoms with Crippen LogP contribution >= 0.6 is 0 Å². The highest BCUT2D eigenvalue weighted by atomic mass is 16.5. The summed E-state index contributed by atoms with van der Waals surface area (Å²) in [4.78, 5) is 36.1. The van der Waals surface area contributed by atoms with E-state index in [1.54, 1.807) is 6.92 Å². The third-order valence-electron chi connectivity index (χ3n) is 4.20. The van der Waals surface area contributed by atoms with E-state index < -0.39 is 35.6 Å². The second-order valence-corrected chi connectivity index (χ2v) is 6.60. The van der Waals surface area contributed by atoms with Crippen molar-refractivity contribution in [1.82, 2.24) is 5.32 Å². The van der Waals surface area contributed by atoms with E-state index in [4.69, 9.17) is 4.74 Å². The third-order valence-corrected chi connectivity index (χ3v) is 4.20. The van der Waals surface area contributed by atoms with Gasteiger partial charge in [0.2, 0.25) is 5.91 Å². The second kappa shape index (κ2) is 9.18. The summed E-state index contributed by atoms with van der Waals surface area (Å²) < 4.78 is 5.15. The number of esters is 1. The molecule has 1 aromatic rings. The fourth-order valence-electron chi connectivity index (χ4n) is 2.83. The average Bonchev–Trinajstić information content (AvgIpc) is 2.58. The standard InChI is InChI=1S/C20H23NO7/c1-11-6-7-28-20(27)18-13(9-14(23)10-16(18)24)4-3-5-15(21-12(2)22)19(26)17(25)8-11/h3-4,8-10,15,19,23-24,26H,5-7H2,1-2H3,(H,21,22)/b4-3+,11-8-/t15-,19-/m0/s1. The van der Waals surface area contributed by atoms with Crippen LogP contribution in [-0.2, 0) is 14.3 Å². The SMILES string of the molecule is CC(=O)N[C@H]1C/C=C/c2cc(O)cc(O)c2C(=O)OCC/C(C)=C\C(=O)[C@H]1O. The molecule has 1 aromatic carbocycles. The van der Waals surface area contributed by atoms with Crippen LogP contribution in [0.5, 0.6) is 11.5 Å². The van der Waals surface area contributed by atoms with E-state index in [0.29, 0.717) is 5.57 Å². The molecule has 8 nitrogen and oxygen atoms in total. The smallest absolute Gasteiger partial charge is 0.342 e. The van der Waals surface area contributed by atoms with Gasteiger partial charge in [-0.3, -0.25) is 9.59 Å². The van der Waals surface area contributed by atoms with Gasteiger partial charge in [-0.25, -0.2) is 4.79 Å². The van der Waals surface area contributed by atoms with E-state index in [1.165, 1.54) is 31.2 Å². The molecule has 0 spiro atoms. The van der Waals surface area contributed by atoms with Crippen molar-refractivity contribution in [3.8, 4) is 11.5 Å². The lowest BCUT2D eigenvalue weighted by Crippen LogP contribution is -2.45. The Morgan fingerprint density at radius 3 is 2.64 bits per heavy atom. The lowest BCUT2D eigenvalue weighted by atomic mass is 9.99. The molecule has 4 N–H and O–H groups in total. The number of benzene rings is 1. The Hall–Kier alpha value is -3.13. The second-order valence-electron chi connectivity index (χ2n) is 6.60. The van der Waals surface area contributed by atoms with Gasteiger partial charge in [0.25, 0.3) is 0 Å². The summed E-state index contributed by atoms with van der Waals surface area (Å²) in [6.45, 7) is 2.89. The van der Waals surface area contributed by atoms with Crippen LogP contribution in [-0.4, -0.2) is 51.7 Å². The van der Waals surface area contributed by atoms with Gasteiger partial charge in [-0.1, -0.05) is 17.7 Å². The van der Waals surface area contributed by atoms with E-state index in [-0.39, 0.29) is 36.3 Å². The number of rotatable bonds is 1. The molecule has 0 radical (unpaired) electrons. The van der Waals surface area contributed by atoms with Gasteiger partial charge in [-0.2, -0.15) is 0 Å². The van der Waals surface area contributed by atoms with Crippen LogP contribution < -0.4 is 5.32 Å². The molecule has 8 heteroatoms. The van der Waals surface area contributed by atoms with Crippen molar-refractivity contribution >= 4 is 23.7 Å². The van der Waals surface area contributed by atoms with Crippen LogP contribution in [0.15, 0.2) is 29.9 Å². The summed E-state index contributed by atoms with van der Waals surface area (Å²) in [5.74, 6) is -2.43. The number of ether oxygens (including phenoxy) is 1. The Bertz CT molecular complexity index is 841. The van der Waals surface area contributed by atoms with E-state index in [9.17, 15) is 29.7 Å². The number of cyclic esters (lactones) is 1. The summed E-state index contributed by atoms with van der Waals surface area (Å²) in [5, 5.41) is 32.6. The first-order valence-corrected chi connectivity index (χ1v) is 8.75. The molecule has 28 heavy (non-hydrogen) atoms. The summed E-state index contributed by atoms with van der Waals surface area (Å²) in [7, 11) is 0. The number of fused-ring (bicyclic) bond motifs is 1. The van der Waals surface area contributed by atoms with Gasteiger partial charge in [0.05, 0.1) is 12.6 Å². The molecule has 2 atom stereocenters. The predicted molar refractivity (Wildman–Crippen MR) is 101 cm³/mol. The van der Waals surface area contributed by atoms with E-state index in [2.05, 4.69) is 5.32 Å². The Balaban J connectivity index is 2.46. The zero-order valence-electron chi connectivity index (χ0n) is 15.6. The van der Waals surface area contributed by atoms with Gasteiger partial charge in [0, 0.05) is 19.4 Å². The van der Waals surface area contributed by atoms with Crippen molar-refractivity contribution in [1.29, 1.82) is 0 Å². The fourth-order valence-corrected chi connectivity index (χ4v) is 2.83. The van der Waals surface area contributed by atoms with Crippen molar-refractivity contribution in [3.05, 3.63) is 41.0 Å². The Labute approximate surface area is 162 Å².